The SMILES string of the molecule is CC(C)(C)OC(=O)N1CCc2cc3c(c(-c4ccccc4)c2CC1)NC(=O)CC3. The number of amides is 2. The van der Waals surface area contributed by atoms with E-state index >= 15 is 0 Å². The van der Waals surface area contributed by atoms with Gasteiger partial charge >= 0.3 is 6.09 Å². The van der Waals surface area contributed by atoms with Gasteiger partial charge in [-0.1, -0.05) is 36.4 Å². The monoisotopic (exact) mass is 392 g/mol. The summed E-state index contributed by atoms with van der Waals surface area (Å²) in [6, 6.07) is 12.5. The van der Waals surface area contributed by atoms with E-state index < -0.39 is 5.60 Å². The number of benzene rings is 2. The first-order chi connectivity index (χ1) is 13.8. The molecule has 2 aromatic rings. The second-order valence-electron chi connectivity index (χ2n) is 8.80. The topological polar surface area (TPSA) is 58.6 Å². The Morgan fingerprint density at radius 2 is 1.72 bits per heavy atom. The molecule has 0 radical (unpaired) electrons. The van der Waals surface area contributed by atoms with Gasteiger partial charge in [0.2, 0.25) is 5.91 Å². The summed E-state index contributed by atoms with van der Waals surface area (Å²) in [5.41, 5.74) is 6.33. The fraction of sp³-hybridized carbons (Fsp3) is 0.417. The van der Waals surface area contributed by atoms with Gasteiger partial charge in [-0.2, -0.15) is 0 Å². The molecule has 2 aliphatic heterocycles. The van der Waals surface area contributed by atoms with Crippen molar-refractivity contribution in [1.29, 1.82) is 0 Å². The van der Waals surface area contributed by atoms with Crippen LogP contribution in [0.5, 0.6) is 0 Å². The molecule has 1 N–H and O–H groups in total. The van der Waals surface area contributed by atoms with Crippen LogP contribution in [0.4, 0.5) is 10.5 Å². The number of fused-ring (bicyclic) bond motifs is 2. The van der Waals surface area contributed by atoms with Crippen LogP contribution in [-0.2, 0) is 28.8 Å². The van der Waals surface area contributed by atoms with Crippen molar-refractivity contribution in [2.24, 2.45) is 0 Å². The molecule has 29 heavy (non-hydrogen) atoms. The second-order valence-corrected chi connectivity index (χ2v) is 8.80. The normalized spacial score (nSPS) is 16.4. The van der Waals surface area contributed by atoms with Crippen LogP contribution in [0.1, 0.15) is 43.9 Å². The maximum Gasteiger partial charge on any atom is 0.410 e. The number of aryl methyl sites for hydroxylation is 1. The molecule has 0 saturated heterocycles. The van der Waals surface area contributed by atoms with E-state index in [1.54, 1.807) is 4.90 Å². The number of carbonyl (C=O) groups is 2. The Balaban J connectivity index is 1.73. The summed E-state index contributed by atoms with van der Waals surface area (Å²) in [6.07, 6.45) is 2.54. The van der Waals surface area contributed by atoms with Gasteiger partial charge in [0.15, 0.2) is 0 Å². The summed E-state index contributed by atoms with van der Waals surface area (Å²) in [6.45, 7) is 6.92. The maximum absolute atomic E-state index is 12.6. The van der Waals surface area contributed by atoms with Gasteiger partial charge in [-0.05, 0) is 62.3 Å². The van der Waals surface area contributed by atoms with Crippen molar-refractivity contribution in [3.8, 4) is 11.1 Å². The third-order valence-electron chi connectivity index (χ3n) is 5.49. The van der Waals surface area contributed by atoms with Crippen molar-refractivity contribution >= 4 is 17.7 Å². The molecule has 0 fully saturated rings. The lowest BCUT2D eigenvalue weighted by molar-refractivity contribution is -0.116. The van der Waals surface area contributed by atoms with Gasteiger partial charge in [0, 0.05) is 25.1 Å². The van der Waals surface area contributed by atoms with Crippen molar-refractivity contribution in [2.75, 3.05) is 18.4 Å². The predicted molar refractivity (Wildman–Crippen MR) is 114 cm³/mol. The highest BCUT2D eigenvalue weighted by atomic mass is 16.6. The maximum atomic E-state index is 12.6. The number of anilines is 1. The van der Waals surface area contributed by atoms with Crippen molar-refractivity contribution in [3.63, 3.8) is 0 Å². The molecule has 0 spiro atoms. The van der Waals surface area contributed by atoms with Gasteiger partial charge in [-0.15, -0.1) is 0 Å². The number of carbonyl (C=O) groups excluding carboxylic acids is 2. The van der Waals surface area contributed by atoms with Crippen LogP contribution >= 0.6 is 0 Å². The minimum Gasteiger partial charge on any atom is -0.444 e. The van der Waals surface area contributed by atoms with E-state index in [2.05, 4.69) is 23.5 Å². The Kier molecular flexibility index (Phi) is 5.07. The van der Waals surface area contributed by atoms with Crippen molar-refractivity contribution in [1.82, 2.24) is 4.90 Å². The number of rotatable bonds is 1. The molecular weight excluding hydrogens is 364 g/mol. The molecule has 5 heteroatoms. The third-order valence-corrected chi connectivity index (χ3v) is 5.49. The summed E-state index contributed by atoms with van der Waals surface area (Å²) in [5.74, 6) is 0.0682. The van der Waals surface area contributed by atoms with Gasteiger partial charge in [0.05, 0.1) is 5.69 Å². The van der Waals surface area contributed by atoms with E-state index in [0.717, 1.165) is 36.1 Å². The smallest absolute Gasteiger partial charge is 0.410 e. The minimum atomic E-state index is -0.505. The van der Waals surface area contributed by atoms with Crippen LogP contribution in [0, 0.1) is 0 Å². The van der Waals surface area contributed by atoms with Crippen molar-refractivity contribution in [2.45, 2.75) is 52.1 Å². The Hall–Kier alpha value is -2.82. The molecule has 4 rings (SSSR count). The fourth-order valence-electron chi connectivity index (χ4n) is 4.19. The van der Waals surface area contributed by atoms with Gasteiger partial charge in [-0.25, -0.2) is 4.79 Å². The Morgan fingerprint density at radius 1 is 1.00 bits per heavy atom. The average Bonchev–Trinajstić information content (AvgIpc) is 2.88. The van der Waals surface area contributed by atoms with Crippen molar-refractivity contribution in [3.05, 3.63) is 53.1 Å². The lowest BCUT2D eigenvalue weighted by Gasteiger charge is -2.26. The zero-order valence-corrected chi connectivity index (χ0v) is 17.4. The van der Waals surface area contributed by atoms with Crippen LogP contribution in [0.3, 0.4) is 0 Å². The standard InChI is InChI=1S/C24H28N2O3/c1-24(2,3)29-23(28)26-13-11-17-15-18-9-10-20(27)25-22(18)21(19(17)12-14-26)16-7-5-4-6-8-16/h4-8,15H,9-14H2,1-3H3,(H,25,27). The lowest BCUT2D eigenvalue weighted by Crippen LogP contribution is -2.38. The highest BCUT2D eigenvalue weighted by Crippen LogP contribution is 2.40. The number of hydrogen-bond donors (Lipinski definition) is 1. The van der Waals surface area contributed by atoms with E-state index in [1.807, 2.05) is 39.0 Å². The molecule has 0 aromatic heterocycles. The van der Waals surface area contributed by atoms with Crippen LogP contribution in [0.15, 0.2) is 36.4 Å². The van der Waals surface area contributed by atoms with E-state index in [1.165, 1.54) is 16.7 Å². The largest absolute Gasteiger partial charge is 0.444 e. The van der Waals surface area contributed by atoms with Gasteiger partial charge < -0.3 is 15.0 Å². The number of ether oxygens (including phenoxy) is 1. The van der Waals surface area contributed by atoms with E-state index in [9.17, 15) is 9.59 Å². The molecule has 2 heterocycles. The summed E-state index contributed by atoms with van der Waals surface area (Å²) >= 11 is 0. The minimum absolute atomic E-state index is 0.0682. The van der Waals surface area contributed by atoms with Crippen LogP contribution in [-0.4, -0.2) is 35.6 Å². The predicted octanol–water partition coefficient (Wildman–Crippen LogP) is 4.57. The molecule has 0 atom stereocenters. The van der Waals surface area contributed by atoms with Gasteiger partial charge in [-0.3, -0.25) is 4.79 Å². The highest BCUT2D eigenvalue weighted by molar-refractivity contribution is 6.00. The Labute approximate surface area is 172 Å². The van der Waals surface area contributed by atoms with Crippen LogP contribution < -0.4 is 5.32 Å². The molecule has 0 saturated carbocycles. The Morgan fingerprint density at radius 3 is 2.45 bits per heavy atom. The quantitative estimate of drug-likeness (QED) is 0.773. The highest BCUT2D eigenvalue weighted by Gasteiger charge is 2.28. The molecule has 2 aliphatic rings. The lowest BCUT2D eigenvalue weighted by atomic mass is 9.86. The van der Waals surface area contributed by atoms with E-state index in [0.29, 0.717) is 19.5 Å². The van der Waals surface area contributed by atoms with Gasteiger partial charge in [0.1, 0.15) is 5.60 Å². The zero-order chi connectivity index (χ0) is 20.6. The molecule has 2 aromatic carbocycles. The third kappa shape index (κ3) is 4.14. The zero-order valence-electron chi connectivity index (χ0n) is 17.4. The molecule has 0 aliphatic carbocycles. The number of nitrogens with zero attached hydrogens (tertiary/aromatic N) is 1. The summed E-state index contributed by atoms with van der Waals surface area (Å²) in [4.78, 5) is 26.6. The molecule has 0 bridgehead atoms. The van der Waals surface area contributed by atoms with Crippen LogP contribution in [0.25, 0.3) is 11.1 Å². The number of nitrogens with one attached hydrogen (secondary N) is 1. The summed E-state index contributed by atoms with van der Waals surface area (Å²) in [5, 5.41) is 3.12. The van der Waals surface area contributed by atoms with E-state index in [4.69, 9.17) is 4.74 Å². The molecular formula is C24H28N2O3. The van der Waals surface area contributed by atoms with Crippen LogP contribution in [0.2, 0.25) is 0 Å². The molecule has 0 unspecified atom stereocenters. The number of hydrogen-bond acceptors (Lipinski definition) is 3. The van der Waals surface area contributed by atoms with Crippen molar-refractivity contribution < 1.29 is 14.3 Å². The summed E-state index contributed by atoms with van der Waals surface area (Å²) in [7, 11) is 0. The Bertz CT molecular complexity index is 945. The summed E-state index contributed by atoms with van der Waals surface area (Å²) < 4.78 is 5.59. The van der Waals surface area contributed by atoms with E-state index in [-0.39, 0.29) is 12.0 Å². The fourth-order valence-corrected chi connectivity index (χ4v) is 4.19. The first kappa shape index (κ1) is 19.5. The first-order valence-electron chi connectivity index (χ1n) is 10.3. The first-order valence-corrected chi connectivity index (χ1v) is 10.3. The average molecular weight is 392 g/mol. The second kappa shape index (κ2) is 7.54. The molecule has 2 amide bonds. The molecule has 5 nitrogen and oxygen atoms in total. The molecule has 152 valence electrons. The van der Waals surface area contributed by atoms with Gasteiger partial charge in [0.25, 0.3) is 0 Å².